The Morgan fingerprint density at radius 2 is 1.91 bits per heavy atom. The highest BCUT2D eigenvalue weighted by atomic mass is 35.5. The fraction of sp³-hybridized carbons (Fsp3) is 0.240. The van der Waals surface area contributed by atoms with Gasteiger partial charge < -0.3 is 15.4 Å². The Balaban J connectivity index is 1.64. The van der Waals surface area contributed by atoms with Crippen molar-refractivity contribution in [3.8, 4) is 5.75 Å². The monoisotopic (exact) mass is 466 g/mol. The molecule has 172 valence electrons. The average Bonchev–Trinajstić information content (AvgIpc) is 3.12. The second-order valence-electron chi connectivity index (χ2n) is 7.52. The highest BCUT2D eigenvalue weighted by Gasteiger charge is 2.19. The van der Waals surface area contributed by atoms with Crippen molar-refractivity contribution in [3.05, 3.63) is 76.6 Å². The first-order valence-electron chi connectivity index (χ1n) is 10.6. The number of para-hydroxylation sites is 1. The molecule has 0 aliphatic rings. The lowest BCUT2D eigenvalue weighted by Crippen LogP contribution is -2.25. The van der Waals surface area contributed by atoms with E-state index in [1.54, 1.807) is 35.9 Å². The Kier molecular flexibility index (Phi) is 7.90. The molecule has 0 aliphatic carbocycles. The molecule has 3 rings (SSSR count). The molecule has 33 heavy (non-hydrogen) atoms. The zero-order valence-corrected chi connectivity index (χ0v) is 19.8. The van der Waals surface area contributed by atoms with Gasteiger partial charge in [0.25, 0.3) is 0 Å². The van der Waals surface area contributed by atoms with Crippen LogP contribution < -0.4 is 15.4 Å². The van der Waals surface area contributed by atoms with E-state index in [0.717, 1.165) is 17.0 Å². The summed E-state index contributed by atoms with van der Waals surface area (Å²) in [6.45, 7) is 8.00. The number of benzene rings is 2. The van der Waals surface area contributed by atoms with E-state index in [2.05, 4.69) is 15.7 Å². The molecule has 0 saturated carbocycles. The van der Waals surface area contributed by atoms with Crippen LogP contribution in [0.5, 0.6) is 5.75 Å². The summed E-state index contributed by atoms with van der Waals surface area (Å²) >= 11 is 6.35. The molecule has 8 heteroatoms. The van der Waals surface area contributed by atoms with Crippen LogP contribution in [-0.4, -0.2) is 28.2 Å². The number of aryl methyl sites for hydroxylation is 2. The Morgan fingerprint density at radius 3 is 2.58 bits per heavy atom. The van der Waals surface area contributed by atoms with E-state index in [0.29, 0.717) is 28.8 Å². The highest BCUT2D eigenvalue weighted by Crippen LogP contribution is 2.27. The summed E-state index contributed by atoms with van der Waals surface area (Å²) in [5.74, 6) is 0.157. The fourth-order valence-corrected chi connectivity index (χ4v) is 3.56. The molecular weight excluding hydrogens is 440 g/mol. The number of aromatic nitrogens is 2. The first kappa shape index (κ1) is 24.1. The highest BCUT2D eigenvalue weighted by molar-refractivity contribution is 6.34. The first-order chi connectivity index (χ1) is 15.8. The summed E-state index contributed by atoms with van der Waals surface area (Å²) in [6.07, 6.45) is 3.12. The molecule has 0 spiro atoms. The third-order valence-electron chi connectivity index (χ3n) is 4.92. The minimum absolute atomic E-state index is 0.240. The van der Waals surface area contributed by atoms with Crippen LogP contribution in [0.25, 0.3) is 6.08 Å². The van der Waals surface area contributed by atoms with E-state index < -0.39 is 6.04 Å². The number of anilines is 2. The predicted molar refractivity (Wildman–Crippen MR) is 132 cm³/mol. The molecule has 2 N–H and O–H groups in total. The van der Waals surface area contributed by atoms with Crippen molar-refractivity contribution in [2.75, 3.05) is 17.2 Å². The van der Waals surface area contributed by atoms with Gasteiger partial charge in [0.1, 0.15) is 11.8 Å². The average molecular weight is 467 g/mol. The van der Waals surface area contributed by atoms with Gasteiger partial charge in [0, 0.05) is 23.0 Å². The van der Waals surface area contributed by atoms with Crippen LogP contribution in [0.2, 0.25) is 5.02 Å². The Hall–Kier alpha value is -3.58. The fourth-order valence-electron chi connectivity index (χ4n) is 3.34. The zero-order valence-electron chi connectivity index (χ0n) is 19.1. The van der Waals surface area contributed by atoms with Crippen LogP contribution in [0.4, 0.5) is 11.4 Å². The molecule has 0 aliphatic heterocycles. The molecule has 3 aromatic rings. The van der Waals surface area contributed by atoms with Gasteiger partial charge in [0.2, 0.25) is 11.8 Å². The van der Waals surface area contributed by atoms with E-state index in [1.165, 1.54) is 6.08 Å². The first-order valence-corrected chi connectivity index (χ1v) is 11.0. The van der Waals surface area contributed by atoms with Crippen molar-refractivity contribution >= 4 is 40.9 Å². The Bertz CT molecular complexity index is 1190. The molecular formula is C25H27ClN4O3. The third-order valence-corrected chi connectivity index (χ3v) is 5.23. The van der Waals surface area contributed by atoms with Gasteiger partial charge in [-0.15, -0.1) is 0 Å². The number of ether oxygens (including phenoxy) is 1. The molecule has 1 heterocycles. The second-order valence-corrected chi connectivity index (χ2v) is 7.93. The SMILES string of the molecule is CCOc1ccccc1/C=C/C(=O)Nc1ccc(NC(=O)C(C)n2nc(C)cc2C)c(Cl)c1. The molecule has 2 aromatic carbocycles. The van der Waals surface area contributed by atoms with E-state index in [9.17, 15) is 9.59 Å². The van der Waals surface area contributed by atoms with Gasteiger partial charge in [-0.3, -0.25) is 14.3 Å². The molecule has 0 radical (unpaired) electrons. The number of carbonyl (C=O) groups is 2. The van der Waals surface area contributed by atoms with Crippen molar-refractivity contribution in [1.29, 1.82) is 0 Å². The number of nitrogens with zero attached hydrogens (tertiary/aromatic N) is 2. The molecule has 2 amide bonds. The maximum atomic E-state index is 12.7. The number of nitrogens with one attached hydrogen (secondary N) is 2. The lowest BCUT2D eigenvalue weighted by Gasteiger charge is -2.15. The van der Waals surface area contributed by atoms with Gasteiger partial charge in [-0.05, 0) is 64.1 Å². The number of amides is 2. The van der Waals surface area contributed by atoms with Crippen LogP contribution >= 0.6 is 11.6 Å². The Labute approximate surface area is 198 Å². The van der Waals surface area contributed by atoms with Crippen molar-refractivity contribution in [3.63, 3.8) is 0 Å². The smallest absolute Gasteiger partial charge is 0.248 e. The standard InChI is InChI=1S/C25H27ClN4O3/c1-5-33-23-9-7-6-8-19(23)10-13-24(31)27-20-11-12-22(21(26)15-20)28-25(32)18(4)30-17(3)14-16(2)29-30/h6-15,18H,5H2,1-4H3,(H,27,31)(H,28,32)/b13-10+. The van der Waals surface area contributed by atoms with Gasteiger partial charge in [0.15, 0.2) is 0 Å². The third kappa shape index (κ3) is 6.23. The van der Waals surface area contributed by atoms with E-state index >= 15 is 0 Å². The second kappa shape index (κ2) is 10.8. The lowest BCUT2D eigenvalue weighted by molar-refractivity contribution is -0.119. The van der Waals surface area contributed by atoms with Gasteiger partial charge in [-0.1, -0.05) is 29.8 Å². The molecule has 7 nitrogen and oxygen atoms in total. The summed E-state index contributed by atoms with van der Waals surface area (Å²) in [5, 5.41) is 10.3. The predicted octanol–water partition coefficient (Wildman–Crippen LogP) is 5.40. The summed E-state index contributed by atoms with van der Waals surface area (Å²) in [4.78, 5) is 25.0. The van der Waals surface area contributed by atoms with Crippen LogP contribution in [0.15, 0.2) is 54.6 Å². The molecule has 1 aromatic heterocycles. The maximum absolute atomic E-state index is 12.7. The van der Waals surface area contributed by atoms with E-state index in [4.69, 9.17) is 16.3 Å². The molecule has 0 saturated heterocycles. The summed E-state index contributed by atoms with van der Waals surface area (Å²) in [6, 6.07) is 13.8. The summed E-state index contributed by atoms with van der Waals surface area (Å²) in [5.41, 5.74) is 3.52. The summed E-state index contributed by atoms with van der Waals surface area (Å²) < 4.78 is 7.23. The molecule has 1 unspecified atom stereocenters. The molecule has 0 bridgehead atoms. The van der Waals surface area contributed by atoms with Gasteiger partial charge in [0.05, 0.1) is 23.0 Å². The number of hydrogen-bond acceptors (Lipinski definition) is 4. The van der Waals surface area contributed by atoms with Gasteiger partial charge in [-0.2, -0.15) is 5.10 Å². The normalized spacial score (nSPS) is 11.9. The quantitative estimate of drug-likeness (QED) is 0.435. The number of hydrogen-bond donors (Lipinski definition) is 2. The van der Waals surface area contributed by atoms with Crippen molar-refractivity contribution in [1.82, 2.24) is 9.78 Å². The largest absolute Gasteiger partial charge is 0.493 e. The van der Waals surface area contributed by atoms with Crippen LogP contribution in [0, 0.1) is 13.8 Å². The van der Waals surface area contributed by atoms with E-state index in [1.807, 2.05) is 51.1 Å². The van der Waals surface area contributed by atoms with Crippen LogP contribution in [0.1, 0.15) is 36.8 Å². The molecule has 0 fully saturated rings. The summed E-state index contributed by atoms with van der Waals surface area (Å²) in [7, 11) is 0. The minimum Gasteiger partial charge on any atom is -0.493 e. The van der Waals surface area contributed by atoms with E-state index in [-0.39, 0.29) is 11.8 Å². The van der Waals surface area contributed by atoms with Crippen LogP contribution in [0.3, 0.4) is 0 Å². The number of carbonyl (C=O) groups excluding carboxylic acids is 2. The Morgan fingerprint density at radius 1 is 1.15 bits per heavy atom. The zero-order chi connectivity index (χ0) is 24.0. The van der Waals surface area contributed by atoms with Gasteiger partial charge in [-0.25, -0.2) is 0 Å². The van der Waals surface area contributed by atoms with Crippen LogP contribution in [-0.2, 0) is 9.59 Å². The van der Waals surface area contributed by atoms with Crippen molar-refractivity contribution < 1.29 is 14.3 Å². The maximum Gasteiger partial charge on any atom is 0.248 e. The minimum atomic E-state index is -0.501. The van der Waals surface area contributed by atoms with Crippen molar-refractivity contribution in [2.45, 2.75) is 33.7 Å². The number of rotatable bonds is 8. The van der Waals surface area contributed by atoms with Crippen molar-refractivity contribution in [2.24, 2.45) is 0 Å². The topological polar surface area (TPSA) is 85.3 Å². The number of halogens is 1. The lowest BCUT2D eigenvalue weighted by atomic mass is 10.2. The van der Waals surface area contributed by atoms with Gasteiger partial charge >= 0.3 is 0 Å². The molecule has 1 atom stereocenters.